The van der Waals surface area contributed by atoms with Crippen LogP contribution in [0.2, 0.25) is 0 Å². The highest BCUT2D eigenvalue weighted by atomic mass is 16.6. The number of aliphatic hydroxyl groups is 1. The number of amides is 3. The number of ether oxygens (including phenoxy) is 2. The smallest absolute Gasteiger partial charge is 0.415 e. The summed E-state index contributed by atoms with van der Waals surface area (Å²) in [6.45, 7) is 5.75. The van der Waals surface area contributed by atoms with E-state index in [0.717, 1.165) is 17.7 Å². The third-order valence-corrected chi connectivity index (χ3v) is 10.5. The monoisotopic (exact) mass is 656 g/mol. The lowest BCUT2D eigenvalue weighted by Gasteiger charge is -2.64. The van der Waals surface area contributed by atoms with Gasteiger partial charge in [-0.3, -0.25) is 30.8 Å². The minimum Gasteiger partial charge on any atom is -0.477 e. The maximum Gasteiger partial charge on any atom is 0.415 e. The molecule has 47 heavy (non-hydrogen) atoms. The van der Waals surface area contributed by atoms with E-state index in [1.807, 2.05) is 12.1 Å². The zero-order valence-corrected chi connectivity index (χ0v) is 27.2. The highest BCUT2D eigenvalue weighted by Gasteiger charge is 2.76. The molecule has 2 bridgehead atoms. The van der Waals surface area contributed by atoms with E-state index >= 15 is 0 Å². The summed E-state index contributed by atoms with van der Waals surface area (Å²) in [5, 5.41) is 17.8. The van der Waals surface area contributed by atoms with Crippen molar-refractivity contribution in [3.8, 4) is 11.5 Å². The average Bonchev–Trinajstić information content (AvgIpc) is 3.40. The van der Waals surface area contributed by atoms with Gasteiger partial charge in [0.2, 0.25) is 11.8 Å². The summed E-state index contributed by atoms with van der Waals surface area (Å²) in [7, 11) is 3.68. The summed E-state index contributed by atoms with van der Waals surface area (Å²) in [6, 6.07) is 2.63. The third kappa shape index (κ3) is 5.91. The highest BCUT2D eigenvalue weighted by molar-refractivity contribution is 5.90. The Hall–Kier alpha value is -4.21. The standard InChI is InChI=1S/C32H46N8O7/c1-4-15-40(3)16-11-31-25-19-7-8-22(26(25)47-27(31)21(41)9-10-32(31,45)23(40)17-19)46-30(44)39(2)14-13-36-28(43)20(38-24(42)18-33)6-5-12-37-29(34)35/h4,7-8,20,23,27,45H,1,5-6,9-18,33H2,2-3H3,(H5-,34,35,36,37,38,42,43)/p+2/t20-,23-,27-,31-,32+,40?/m0/s1. The van der Waals surface area contributed by atoms with E-state index in [4.69, 9.17) is 26.7 Å². The fourth-order valence-corrected chi connectivity index (χ4v) is 8.21. The Morgan fingerprint density at radius 1 is 1.32 bits per heavy atom. The number of quaternary nitrogens is 1. The first-order valence-electron chi connectivity index (χ1n) is 16.2. The maximum absolute atomic E-state index is 13.3. The van der Waals surface area contributed by atoms with Gasteiger partial charge in [-0.1, -0.05) is 12.6 Å². The third-order valence-electron chi connectivity index (χ3n) is 10.5. The van der Waals surface area contributed by atoms with Crippen LogP contribution in [0.4, 0.5) is 4.79 Å². The molecular formula is C32H48N8O7+2. The average molecular weight is 657 g/mol. The molecule has 1 saturated heterocycles. The van der Waals surface area contributed by atoms with Crippen molar-refractivity contribution in [2.75, 3.05) is 53.4 Å². The van der Waals surface area contributed by atoms with Gasteiger partial charge in [-0.2, -0.15) is 0 Å². The molecule has 1 aromatic carbocycles. The molecule has 1 aromatic rings. The van der Waals surface area contributed by atoms with E-state index in [1.54, 1.807) is 6.07 Å². The number of benzene rings is 1. The molecule has 1 unspecified atom stereocenters. The Bertz CT molecular complexity index is 1480. The number of Topliss-reactive ketones (excluding diaryl/α,β-unsaturated/α-hetero) is 1. The number of likely N-dealkylation sites (tertiary alicyclic amines) is 1. The second kappa shape index (κ2) is 13.1. The van der Waals surface area contributed by atoms with Crippen LogP contribution in [0.25, 0.3) is 0 Å². The molecule has 15 nitrogen and oxygen atoms in total. The number of nitrogens with zero attached hydrogens (tertiary/aromatic N) is 2. The largest absolute Gasteiger partial charge is 0.477 e. The Labute approximate surface area is 274 Å². The van der Waals surface area contributed by atoms with Gasteiger partial charge in [0.15, 0.2) is 23.4 Å². The number of nitrogens with one attached hydrogen (secondary N) is 3. The molecule has 2 aliphatic carbocycles. The number of piperidine rings is 1. The quantitative estimate of drug-likeness (QED) is 0.0371. The second-order valence-corrected chi connectivity index (χ2v) is 13.4. The minimum atomic E-state index is -1.16. The Kier molecular flexibility index (Phi) is 9.53. The lowest BCUT2D eigenvalue weighted by Crippen LogP contribution is -2.80. The van der Waals surface area contributed by atoms with Gasteiger partial charge in [0.1, 0.15) is 17.7 Å². The molecule has 1 saturated carbocycles. The molecule has 2 aliphatic heterocycles. The fourth-order valence-electron chi connectivity index (χ4n) is 8.21. The number of hydrogen-bond acceptors (Lipinski definition) is 8. The summed E-state index contributed by atoms with van der Waals surface area (Å²) in [5.74, 6) is -0.369. The Morgan fingerprint density at radius 2 is 2.09 bits per heavy atom. The van der Waals surface area contributed by atoms with Crippen molar-refractivity contribution in [2.45, 2.75) is 67.7 Å². The van der Waals surface area contributed by atoms with Gasteiger partial charge in [0, 0.05) is 45.0 Å². The molecular weight excluding hydrogens is 608 g/mol. The maximum atomic E-state index is 13.3. The molecule has 4 aliphatic rings. The molecule has 3 amide bonds. The SMILES string of the molecule is C=CC[N+]1(C)CC[C@]23c4c5ccc(OC(=O)N(C)CCNC(=O)[C@H](CCC[NH+]=C(N)N)NC(=O)CN)c4O[C@H]2C(=O)CC[C@@]3(O)[C@@H]1C5. The molecule has 1 spiro atoms. The molecule has 0 radical (unpaired) electrons. The van der Waals surface area contributed by atoms with Gasteiger partial charge >= 0.3 is 12.1 Å². The number of carbonyl (C=O) groups excluding carboxylic acids is 4. The van der Waals surface area contributed by atoms with Gasteiger partial charge in [-0.15, -0.1) is 0 Å². The molecule has 5 rings (SSSR count). The number of carbonyl (C=O) groups is 4. The van der Waals surface area contributed by atoms with E-state index in [9.17, 15) is 24.3 Å². The number of rotatable bonds is 13. The van der Waals surface area contributed by atoms with Crippen LogP contribution in [-0.2, 0) is 26.2 Å². The number of likely N-dealkylation sites (N-methyl/N-ethyl adjacent to an activating group) is 2. The minimum absolute atomic E-state index is 0.0542. The van der Waals surface area contributed by atoms with E-state index in [-0.39, 0.29) is 49.6 Å². The highest BCUT2D eigenvalue weighted by Crippen LogP contribution is 2.65. The first kappa shape index (κ1) is 34.1. The van der Waals surface area contributed by atoms with Crippen molar-refractivity contribution in [2.24, 2.45) is 17.2 Å². The predicted molar refractivity (Wildman–Crippen MR) is 171 cm³/mol. The molecule has 2 fully saturated rings. The second-order valence-electron chi connectivity index (χ2n) is 13.4. The van der Waals surface area contributed by atoms with Gasteiger partial charge in [0.25, 0.3) is 0 Å². The van der Waals surface area contributed by atoms with Gasteiger partial charge in [-0.25, -0.2) is 4.79 Å². The lowest BCUT2D eigenvalue weighted by molar-refractivity contribution is -0.944. The predicted octanol–water partition coefficient (Wildman–Crippen LogP) is -3.14. The van der Waals surface area contributed by atoms with E-state index in [2.05, 4.69) is 29.3 Å². The topological polar surface area (TPSA) is 226 Å². The summed E-state index contributed by atoms with van der Waals surface area (Å²) < 4.78 is 12.8. The molecule has 10 N–H and O–H groups in total. The van der Waals surface area contributed by atoms with Crippen molar-refractivity contribution in [1.29, 1.82) is 0 Å². The van der Waals surface area contributed by atoms with Gasteiger partial charge in [0.05, 0.1) is 38.6 Å². The lowest BCUT2D eigenvalue weighted by atomic mass is 9.48. The summed E-state index contributed by atoms with van der Waals surface area (Å²) in [6.07, 6.45) is 2.89. The van der Waals surface area contributed by atoms with E-state index < -0.39 is 41.1 Å². The van der Waals surface area contributed by atoms with Crippen LogP contribution in [0.15, 0.2) is 24.8 Å². The normalized spacial score (nSPS) is 28.6. The molecule has 256 valence electrons. The van der Waals surface area contributed by atoms with Crippen molar-refractivity contribution in [1.82, 2.24) is 15.5 Å². The zero-order valence-electron chi connectivity index (χ0n) is 27.2. The summed E-state index contributed by atoms with van der Waals surface area (Å²) in [5.41, 5.74) is 15.9. The molecule has 2 heterocycles. The van der Waals surface area contributed by atoms with Crippen molar-refractivity contribution in [3.63, 3.8) is 0 Å². The molecule has 15 heteroatoms. The van der Waals surface area contributed by atoms with Crippen molar-refractivity contribution >= 4 is 29.7 Å². The van der Waals surface area contributed by atoms with Crippen LogP contribution in [0.5, 0.6) is 11.5 Å². The van der Waals surface area contributed by atoms with Crippen molar-refractivity contribution in [3.05, 3.63) is 35.9 Å². The van der Waals surface area contributed by atoms with Gasteiger partial charge in [-0.05, 0) is 37.0 Å². The zero-order chi connectivity index (χ0) is 34.1. The van der Waals surface area contributed by atoms with E-state index in [0.29, 0.717) is 55.4 Å². The van der Waals surface area contributed by atoms with Crippen LogP contribution in [0.3, 0.4) is 0 Å². The Morgan fingerprint density at radius 3 is 2.79 bits per heavy atom. The summed E-state index contributed by atoms with van der Waals surface area (Å²) in [4.78, 5) is 55.3. The first-order chi connectivity index (χ1) is 22.3. The molecule has 6 atom stereocenters. The fraction of sp³-hybridized carbons (Fsp3) is 0.594. The molecule has 0 aromatic heterocycles. The van der Waals surface area contributed by atoms with Crippen LogP contribution < -0.4 is 42.3 Å². The van der Waals surface area contributed by atoms with Crippen LogP contribution >= 0.6 is 0 Å². The number of guanidine groups is 1. The van der Waals surface area contributed by atoms with E-state index in [1.165, 1.54) is 11.9 Å². The first-order valence-corrected chi connectivity index (χ1v) is 16.2. The van der Waals surface area contributed by atoms with Crippen LogP contribution in [0, 0.1) is 0 Å². The Balaban J connectivity index is 1.27. The summed E-state index contributed by atoms with van der Waals surface area (Å²) >= 11 is 0. The number of hydrogen-bond donors (Lipinski definition) is 7. The van der Waals surface area contributed by atoms with Gasteiger partial charge < -0.3 is 40.3 Å². The number of nitrogens with two attached hydrogens (primary N) is 3. The van der Waals surface area contributed by atoms with Crippen molar-refractivity contribution < 1.29 is 43.2 Å². The van der Waals surface area contributed by atoms with Crippen LogP contribution in [0.1, 0.15) is 43.2 Å². The number of ketones is 1. The van der Waals surface area contributed by atoms with Crippen LogP contribution in [-0.4, -0.2) is 121 Å².